The molecule has 1 aromatic rings. The first-order valence-corrected chi connectivity index (χ1v) is 4.11. The highest BCUT2D eigenvalue weighted by Crippen LogP contribution is 2.03. The number of carbonyl (C=O) groups is 1. The van der Waals surface area contributed by atoms with Gasteiger partial charge in [-0.05, 0) is 6.07 Å². The summed E-state index contributed by atoms with van der Waals surface area (Å²) >= 11 is 0. The molecule has 5 nitrogen and oxygen atoms in total. The Kier molecular flexibility index (Phi) is 6.40. The Labute approximate surface area is 94.0 Å². The van der Waals surface area contributed by atoms with Crippen LogP contribution < -0.4 is 10.5 Å². The van der Waals surface area contributed by atoms with Gasteiger partial charge in [0.15, 0.2) is 0 Å². The van der Waals surface area contributed by atoms with Gasteiger partial charge in [0.1, 0.15) is 12.6 Å². The third-order valence-electron chi connectivity index (χ3n) is 1.55. The fourth-order valence-electron chi connectivity index (χ4n) is 0.827. The van der Waals surface area contributed by atoms with E-state index in [2.05, 4.69) is 9.72 Å². The van der Waals surface area contributed by atoms with Gasteiger partial charge in [0.05, 0.1) is 7.11 Å². The lowest BCUT2D eigenvalue weighted by Gasteiger charge is -2.09. The normalized spacial score (nSPS) is 11.1. The van der Waals surface area contributed by atoms with E-state index >= 15 is 0 Å². The maximum atomic E-state index is 10.9. The van der Waals surface area contributed by atoms with Crippen LogP contribution in [0, 0.1) is 0 Å². The largest absolute Gasteiger partial charge is 0.475 e. The maximum Gasteiger partial charge on any atom is 0.326 e. The zero-order valence-electron chi connectivity index (χ0n) is 8.25. The minimum atomic E-state index is -0.776. The van der Waals surface area contributed by atoms with E-state index in [4.69, 9.17) is 10.5 Å². The van der Waals surface area contributed by atoms with E-state index in [1.807, 2.05) is 0 Å². The summed E-state index contributed by atoms with van der Waals surface area (Å²) in [7, 11) is 1.28. The van der Waals surface area contributed by atoms with Crippen molar-refractivity contribution in [2.75, 3.05) is 13.7 Å². The topological polar surface area (TPSA) is 74.4 Å². The molecule has 1 unspecified atom stereocenters. The Hall–Kier alpha value is -1.33. The highest BCUT2D eigenvalue weighted by molar-refractivity contribution is 5.85. The Bertz CT molecular complexity index is 295. The quantitative estimate of drug-likeness (QED) is 0.760. The van der Waals surface area contributed by atoms with Crippen molar-refractivity contribution in [1.29, 1.82) is 0 Å². The number of rotatable bonds is 4. The SMILES string of the molecule is COC(=O)C(N)COc1ccccn1.Cl. The molecule has 0 saturated heterocycles. The highest BCUT2D eigenvalue weighted by Gasteiger charge is 2.14. The molecule has 84 valence electrons. The molecule has 0 aliphatic heterocycles. The van der Waals surface area contributed by atoms with Gasteiger partial charge in [-0.15, -0.1) is 12.4 Å². The number of pyridine rings is 1. The number of nitrogens with zero attached hydrogens (tertiary/aromatic N) is 1. The summed E-state index contributed by atoms with van der Waals surface area (Å²) in [5.74, 6) is -0.0622. The zero-order chi connectivity index (χ0) is 10.4. The number of esters is 1. The summed E-state index contributed by atoms with van der Waals surface area (Å²) in [4.78, 5) is 14.8. The van der Waals surface area contributed by atoms with Gasteiger partial charge >= 0.3 is 5.97 Å². The zero-order valence-corrected chi connectivity index (χ0v) is 9.07. The summed E-state index contributed by atoms with van der Waals surface area (Å²) in [6.07, 6.45) is 1.60. The number of halogens is 1. The van der Waals surface area contributed by atoms with Gasteiger partial charge in [-0.2, -0.15) is 0 Å². The standard InChI is InChI=1S/C9H12N2O3.ClH/c1-13-9(12)7(10)6-14-8-4-2-3-5-11-8;/h2-5,7H,6,10H2,1H3;1H. The predicted octanol–water partition coefficient (Wildman–Crippen LogP) is 0.382. The van der Waals surface area contributed by atoms with E-state index in [1.54, 1.807) is 24.4 Å². The Morgan fingerprint density at radius 2 is 2.33 bits per heavy atom. The number of nitrogens with two attached hydrogens (primary N) is 1. The fourth-order valence-corrected chi connectivity index (χ4v) is 0.827. The van der Waals surface area contributed by atoms with Crippen LogP contribution in [0.25, 0.3) is 0 Å². The van der Waals surface area contributed by atoms with Crippen molar-refractivity contribution in [3.63, 3.8) is 0 Å². The first-order valence-electron chi connectivity index (χ1n) is 4.11. The number of ether oxygens (including phenoxy) is 2. The molecule has 0 fully saturated rings. The molecule has 15 heavy (non-hydrogen) atoms. The molecule has 0 amide bonds. The molecule has 2 N–H and O–H groups in total. The summed E-state index contributed by atoms with van der Waals surface area (Å²) in [6.45, 7) is 0.0592. The first kappa shape index (κ1) is 13.7. The minimum Gasteiger partial charge on any atom is -0.475 e. The lowest BCUT2D eigenvalue weighted by molar-refractivity contribution is -0.142. The van der Waals surface area contributed by atoms with Crippen LogP contribution in [0.15, 0.2) is 24.4 Å². The molecule has 1 atom stereocenters. The number of carbonyl (C=O) groups excluding carboxylic acids is 1. The van der Waals surface area contributed by atoms with Crippen molar-refractivity contribution >= 4 is 18.4 Å². The van der Waals surface area contributed by atoms with Crippen molar-refractivity contribution < 1.29 is 14.3 Å². The molecule has 6 heteroatoms. The predicted molar refractivity (Wildman–Crippen MR) is 57.0 cm³/mol. The number of hydrogen-bond acceptors (Lipinski definition) is 5. The number of aromatic nitrogens is 1. The summed E-state index contributed by atoms with van der Waals surface area (Å²) in [6, 6.07) is 4.46. The van der Waals surface area contributed by atoms with Crippen LogP contribution in [-0.2, 0) is 9.53 Å². The summed E-state index contributed by atoms with van der Waals surface area (Å²) in [5.41, 5.74) is 5.45. The highest BCUT2D eigenvalue weighted by atomic mass is 35.5. The van der Waals surface area contributed by atoms with E-state index < -0.39 is 12.0 Å². The summed E-state index contributed by atoms with van der Waals surface area (Å²) < 4.78 is 9.59. The Morgan fingerprint density at radius 3 is 2.87 bits per heavy atom. The van der Waals surface area contributed by atoms with Crippen molar-refractivity contribution in [3.8, 4) is 5.88 Å². The minimum absolute atomic E-state index is 0. The molecule has 0 aromatic carbocycles. The van der Waals surface area contributed by atoms with Gasteiger partial charge in [0, 0.05) is 12.3 Å². The van der Waals surface area contributed by atoms with Gasteiger partial charge in [-0.25, -0.2) is 4.98 Å². The van der Waals surface area contributed by atoms with E-state index in [0.717, 1.165) is 0 Å². The van der Waals surface area contributed by atoms with Crippen LogP contribution >= 0.6 is 12.4 Å². The van der Waals surface area contributed by atoms with E-state index in [-0.39, 0.29) is 19.0 Å². The van der Waals surface area contributed by atoms with Gasteiger partial charge in [0.25, 0.3) is 0 Å². The smallest absolute Gasteiger partial charge is 0.326 e. The molecule has 1 aromatic heterocycles. The fraction of sp³-hybridized carbons (Fsp3) is 0.333. The van der Waals surface area contributed by atoms with Gasteiger partial charge in [0.2, 0.25) is 5.88 Å². The van der Waals surface area contributed by atoms with Crippen LogP contribution in [0.5, 0.6) is 5.88 Å². The van der Waals surface area contributed by atoms with E-state index in [9.17, 15) is 4.79 Å². The third kappa shape index (κ3) is 4.62. The molecular formula is C9H13ClN2O3. The molecule has 0 aliphatic carbocycles. The van der Waals surface area contributed by atoms with Gasteiger partial charge in [-0.3, -0.25) is 4.79 Å². The molecule has 0 spiro atoms. The first-order chi connectivity index (χ1) is 6.74. The second-order valence-electron chi connectivity index (χ2n) is 2.61. The molecule has 0 saturated carbocycles. The van der Waals surface area contributed by atoms with Crippen LogP contribution in [0.4, 0.5) is 0 Å². The lowest BCUT2D eigenvalue weighted by Crippen LogP contribution is -2.37. The van der Waals surface area contributed by atoms with E-state index in [0.29, 0.717) is 5.88 Å². The lowest BCUT2D eigenvalue weighted by atomic mass is 10.3. The van der Waals surface area contributed by atoms with Crippen LogP contribution in [0.2, 0.25) is 0 Å². The molecule has 0 aliphatic rings. The van der Waals surface area contributed by atoms with Gasteiger partial charge in [-0.1, -0.05) is 6.07 Å². The van der Waals surface area contributed by atoms with Crippen LogP contribution in [-0.4, -0.2) is 30.7 Å². The van der Waals surface area contributed by atoms with Crippen molar-refractivity contribution in [3.05, 3.63) is 24.4 Å². The Balaban J connectivity index is 0.00000196. The average molecular weight is 233 g/mol. The van der Waals surface area contributed by atoms with Crippen LogP contribution in [0.1, 0.15) is 0 Å². The van der Waals surface area contributed by atoms with Crippen molar-refractivity contribution in [1.82, 2.24) is 4.98 Å². The van der Waals surface area contributed by atoms with Crippen molar-refractivity contribution in [2.45, 2.75) is 6.04 Å². The monoisotopic (exact) mass is 232 g/mol. The Morgan fingerprint density at radius 1 is 1.60 bits per heavy atom. The molecule has 0 bridgehead atoms. The third-order valence-corrected chi connectivity index (χ3v) is 1.55. The number of hydrogen-bond donors (Lipinski definition) is 1. The second-order valence-corrected chi connectivity index (χ2v) is 2.61. The maximum absolute atomic E-state index is 10.9. The average Bonchev–Trinajstić information content (AvgIpc) is 2.26. The van der Waals surface area contributed by atoms with Gasteiger partial charge < -0.3 is 15.2 Å². The molecule has 1 heterocycles. The molecular weight excluding hydrogens is 220 g/mol. The second kappa shape index (κ2) is 7.03. The van der Waals surface area contributed by atoms with E-state index in [1.165, 1.54) is 7.11 Å². The molecule has 1 rings (SSSR count). The number of methoxy groups -OCH3 is 1. The van der Waals surface area contributed by atoms with Crippen LogP contribution in [0.3, 0.4) is 0 Å². The summed E-state index contributed by atoms with van der Waals surface area (Å²) in [5, 5.41) is 0. The van der Waals surface area contributed by atoms with Crippen molar-refractivity contribution in [2.24, 2.45) is 5.73 Å². The molecule has 0 radical (unpaired) electrons.